The van der Waals surface area contributed by atoms with Crippen LogP contribution in [0.4, 0.5) is 5.82 Å². The average Bonchev–Trinajstić information content (AvgIpc) is 3.03. The molecule has 2 aliphatic rings. The predicted octanol–water partition coefficient (Wildman–Crippen LogP) is 1.75. The lowest BCUT2D eigenvalue weighted by Crippen LogP contribution is -2.51. The molecule has 2 aliphatic heterocycles. The van der Waals surface area contributed by atoms with E-state index in [0.717, 1.165) is 54.4 Å². The van der Waals surface area contributed by atoms with E-state index in [1.54, 1.807) is 13.3 Å². The van der Waals surface area contributed by atoms with Crippen molar-refractivity contribution in [1.82, 2.24) is 19.9 Å². The maximum absolute atomic E-state index is 12.8. The van der Waals surface area contributed by atoms with Crippen LogP contribution in [-0.4, -0.2) is 53.7 Å². The van der Waals surface area contributed by atoms with Gasteiger partial charge < -0.3 is 15.0 Å². The number of nitrogens with one attached hydrogen (secondary N) is 1. The van der Waals surface area contributed by atoms with E-state index in [1.807, 2.05) is 34.8 Å². The number of anilines is 1. The lowest BCUT2D eigenvalue weighted by molar-refractivity contribution is 0.0897. The lowest BCUT2D eigenvalue weighted by Gasteiger charge is -2.41. The third-order valence-corrected chi connectivity index (χ3v) is 5.71. The molecule has 0 radical (unpaired) electrons. The van der Waals surface area contributed by atoms with Crippen molar-refractivity contribution < 1.29 is 9.53 Å². The molecule has 1 N–H and O–H groups in total. The van der Waals surface area contributed by atoms with Crippen molar-refractivity contribution in [3.8, 4) is 5.75 Å². The fourth-order valence-corrected chi connectivity index (χ4v) is 4.15. The van der Waals surface area contributed by atoms with Crippen LogP contribution in [0.25, 0.3) is 5.65 Å². The first-order valence-electron chi connectivity index (χ1n) is 9.74. The minimum atomic E-state index is 0.00623. The van der Waals surface area contributed by atoms with Crippen LogP contribution >= 0.6 is 0 Å². The topological polar surface area (TPSA) is 71.8 Å². The Labute approximate surface area is 163 Å². The van der Waals surface area contributed by atoms with Crippen molar-refractivity contribution in [3.05, 3.63) is 53.3 Å². The highest BCUT2D eigenvalue weighted by atomic mass is 16.5. The molecule has 7 heteroatoms. The second-order valence-electron chi connectivity index (χ2n) is 7.41. The molecule has 0 atom stereocenters. The monoisotopic (exact) mass is 377 g/mol. The molecular formula is C21H23N5O2. The Balaban J connectivity index is 1.41. The fraction of sp³-hybridized carbons (Fsp3) is 0.381. The van der Waals surface area contributed by atoms with Gasteiger partial charge in [-0.25, -0.2) is 4.98 Å². The summed E-state index contributed by atoms with van der Waals surface area (Å²) < 4.78 is 7.11. The molecule has 0 saturated carbocycles. The third-order valence-electron chi connectivity index (χ3n) is 5.71. The molecule has 4 heterocycles. The quantitative estimate of drug-likeness (QED) is 0.699. The zero-order valence-corrected chi connectivity index (χ0v) is 15.9. The van der Waals surface area contributed by atoms with Gasteiger partial charge in [0.05, 0.1) is 24.9 Å². The summed E-state index contributed by atoms with van der Waals surface area (Å²) in [5, 5.41) is 7.95. The molecule has 144 valence electrons. The summed E-state index contributed by atoms with van der Waals surface area (Å²) >= 11 is 0. The molecule has 5 rings (SSSR count). The van der Waals surface area contributed by atoms with E-state index in [2.05, 4.69) is 15.3 Å². The van der Waals surface area contributed by atoms with Gasteiger partial charge in [0.2, 0.25) is 0 Å². The van der Waals surface area contributed by atoms with E-state index in [0.29, 0.717) is 13.1 Å². The van der Waals surface area contributed by atoms with Crippen molar-refractivity contribution in [1.29, 1.82) is 0 Å². The van der Waals surface area contributed by atoms with E-state index in [-0.39, 0.29) is 11.7 Å². The number of ketones is 1. The van der Waals surface area contributed by atoms with E-state index >= 15 is 0 Å². The number of hydrogen-bond acceptors (Lipinski definition) is 6. The van der Waals surface area contributed by atoms with Crippen LogP contribution in [0.1, 0.15) is 21.6 Å². The van der Waals surface area contributed by atoms with Gasteiger partial charge in [-0.05, 0) is 37.2 Å². The van der Waals surface area contributed by atoms with Crippen molar-refractivity contribution in [2.45, 2.75) is 12.8 Å². The Morgan fingerprint density at radius 2 is 1.93 bits per heavy atom. The van der Waals surface area contributed by atoms with Gasteiger partial charge in [-0.1, -0.05) is 0 Å². The largest absolute Gasteiger partial charge is 0.497 e. The highest BCUT2D eigenvalue weighted by molar-refractivity contribution is 5.99. The SMILES string of the molecule is COc1ccc(C(=O)C2CN(c3c4c(nc5ccnn35)CCNCC4)C2)cc1. The van der Waals surface area contributed by atoms with Gasteiger partial charge in [0.15, 0.2) is 11.4 Å². The van der Waals surface area contributed by atoms with Crippen LogP contribution in [0.5, 0.6) is 5.75 Å². The number of benzene rings is 1. The molecule has 1 saturated heterocycles. The summed E-state index contributed by atoms with van der Waals surface area (Å²) in [4.78, 5) is 19.9. The van der Waals surface area contributed by atoms with Gasteiger partial charge in [0.25, 0.3) is 0 Å². The Bertz CT molecular complexity index is 1020. The van der Waals surface area contributed by atoms with E-state index in [9.17, 15) is 4.79 Å². The summed E-state index contributed by atoms with van der Waals surface area (Å²) in [6.07, 6.45) is 3.65. The highest BCUT2D eigenvalue weighted by Crippen LogP contribution is 2.32. The molecule has 0 amide bonds. The minimum absolute atomic E-state index is 0.00623. The fourth-order valence-electron chi connectivity index (χ4n) is 4.15. The van der Waals surface area contributed by atoms with E-state index in [1.165, 1.54) is 5.56 Å². The smallest absolute Gasteiger partial charge is 0.169 e. The second kappa shape index (κ2) is 6.91. The number of carbonyl (C=O) groups is 1. The molecule has 1 fully saturated rings. The standard InChI is InChI=1S/C21H23N5O2/c1-28-16-4-2-14(3-5-16)20(27)15-12-25(13-15)21-17-6-9-22-10-7-18(17)24-19-8-11-23-26(19)21/h2-5,8,11,15,22H,6-7,9-10,12-13H2,1H3. The van der Waals surface area contributed by atoms with Crippen molar-refractivity contribution in [2.24, 2.45) is 5.92 Å². The van der Waals surface area contributed by atoms with Gasteiger partial charge >= 0.3 is 0 Å². The summed E-state index contributed by atoms with van der Waals surface area (Å²) in [7, 11) is 1.63. The third kappa shape index (κ3) is 2.82. The molecule has 0 aliphatic carbocycles. The zero-order valence-electron chi connectivity index (χ0n) is 15.9. The molecule has 3 aromatic rings. The van der Waals surface area contributed by atoms with Crippen molar-refractivity contribution in [3.63, 3.8) is 0 Å². The predicted molar refractivity (Wildman–Crippen MR) is 106 cm³/mol. The number of aromatic nitrogens is 3. The molecule has 7 nitrogen and oxygen atoms in total. The van der Waals surface area contributed by atoms with Crippen LogP contribution < -0.4 is 15.0 Å². The Kier molecular flexibility index (Phi) is 4.24. The average molecular weight is 377 g/mol. The second-order valence-corrected chi connectivity index (χ2v) is 7.41. The van der Waals surface area contributed by atoms with Gasteiger partial charge in [-0.2, -0.15) is 9.61 Å². The minimum Gasteiger partial charge on any atom is -0.497 e. The van der Waals surface area contributed by atoms with Crippen LogP contribution in [0.3, 0.4) is 0 Å². The number of rotatable bonds is 4. The van der Waals surface area contributed by atoms with Gasteiger partial charge in [-0.3, -0.25) is 4.79 Å². The maximum Gasteiger partial charge on any atom is 0.169 e. The number of fused-ring (bicyclic) bond motifs is 2. The first-order valence-corrected chi connectivity index (χ1v) is 9.74. The Morgan fingerprint density at radius 1 is 1.14 bits per heavy atom. The summed E-state index contributed by atoms with van der Waals surface area (Å²) in [6, 6.07) is 9.32. The number of hydrogen-bond donors (Lipinski definition) is 1. The van der Waals surface area contributed by atoms with E-state index in [4.69, 9.17) is 9.72 Å². The Morgan fingerprint density at radius 3 is 2.71 bits per heavy atom. The number of carbonyl (C=O) groups excluding carboxylic acids is 1. The van der Waals surface area contributed by atoms with Gasteiger partial charge in [-0.15, -0.1) is 0 Å². The molecule has 28 heavy (non-hydrogen) atoms. The summed E-state index contributed by atoms with van der Waals surface area (Å²) in [5.41, 5.74) is 4.03. The molecule has 0 spiro atoms. The zero-order chi connectivity index (χ0) is 19.1. The maximum atomic E-state index is 12.8. The summed E-state index contributed by atoms with van der Waals surface area (Å²) in [6.45, 7) is 3.31. The molecule has 0 unspecified atom stereocenters. The number of Topliss-reactive ketones (excluding diaryl/α,β-unsaturated/α-hetero) is 1. The molecule has 0 bridgehead atoms. The number of nitrogens with zero attached hydrogens (tertiary/aromatic N) is 4. The first-order chi connectivity index (χ1) is 13.7. The van der Waals surface area contributed by atoms with Crippen molar-refractivity contribution in [2.75, 3.05) is 38.2 Å². The van der Waals surface area contributed by atoms with Crippen LogP contribution in [0, 0.1) is 5.92 Å². The summed E-state index contributed by atoms with van der Waals surface area (Å²) in [5.74, 6) is 2.07. The van der Waals surface area contributed by atoms with E-state index < -0.39 is 0 Å². The van der Waals surface area contributed by atoms with Crippen LogP contribution in [0.15, 0.2) is 36.5 Å². The normalized spacial score (nSPS) is 17.1. The number of methoxy groups -OCH3 is 1. The van der Waals surface area contributed by atoms with Gasteiger partial charge in [0.1, 0.15) is 11.6 Å². The Hall–Kier alpha value is -2.93. The molecule has 2 aromatic heterocycles. The van der Waals surface area contributed by atoms with Crippen LogP contribution in [-0.2, 0) is 12.8 Å². The van der Waals surface area contributed by atoms with Crippen molar-refractivity contribution >= 4 is 17.2 Å². The van der Waals surface area contributed by atoms with Gasteiger partial charge in [0, 0.05) is 43.2 Å². The lowest BCUT2D eigenvalue weighted by atomic mass is 9.90. The van der Waals surface area contributed by atoms with Crippen LogP contribution in [0.2, 0.25) is 0 Å². The molecular weight excluding hydrogens is 354 g/mol. The molecule has 1 aromatic carbocycles. The first kappa shape index (κ1) is 17.2. The number of ether oxygens (including phenoxy) is 1. The highest BCUT2D eigenvalue weighted by Gasteiger charge is 2.36.